The van der Waals surface area contributed by atoms with Crippen molar-refractivity contribution in [3.05, 3.63) is 65.2 Å². The van der Waals surface area contributed by atoms with Crippen LogP contribution in [-0.4, -0.2) is 31.8 Å². The number of anilines is 1. The summed E-state index contributed by atoms with van der Waals surface area (Å²) in [6.07, 6.45) is 0.664. The molecule has 1 aliphatic rings. The SMILES string of the molecule is O=C(O)c1ccc(CNCc2cccc(N3CCCS3(=O)=O)c2)cc1. The minimum atomic E-state index is -3.17. The number of sulfonamides is 1. The number of carboxylic acid groups (broad SMARTS) is 1. The third kappa shape index (κ3) is 4.18. The van der Waals surface area contributed by atoms with Gasteiger partial charge in [0.05, 0.1) is 17.0 Å². The second kappa shape index (κ2) is 7.25. The molecule has 2 N–H and O–H groups in total. The average Bonchev–Trinajstić information content (AvgIpc) is 2.95. The maximum absolute atomic E-state index is 12.0. The van der Waals surface area contributed by atoms with Gasteiger partial charge in [0.25, 0.3) is 0 Å². The molecular weight excluding hydrogens is 340 g/mol. The van der Waals surface area contributed by atoms with Gasteiger partial charge in [0.2, 0.25) is 10.0 Å². The molecule has 1 saturated heterocycles. The number of nitrogens with one attached hydrogen (secondary N) is 1. The predicted octanol–water partition coefficient (Wildman–Crippen LogP) is 2.21. The lowest BCUT2D eigenvalue weighted by atomic mass is 10.1. The van der Waals surface area contributed by atoms with Crippen LogP contribution in [0.1, 0.15) is 27.9 Å². The lowest BCUT2D eigenvalue weighted by Gasteiger charge is -2.17. The molecule has 0 unspecified atom stereocenters. The summed E-state index contributed by atoms with van der Waals surface area (Å²) in [5, 5.41) is 12.2. The fraction of sp³-hybridized carbons (Fsp3) is 0.278. The number of aromatic carboxylic acids is 1. The first-order chi connectivity index (χ1) is 12.0. The Bertz CT molecular complexity index is 863. The summed E-state index contributed by atoms with van der Waals surface area (Å²) in [6, 6.07) is 14.2. The molecule has 1 heterocycles. The van der Waals surface area contributed by atoms with Crippen LogP contribution in [0.25, 0.3) is 0 Å². The normalized spacial score (nSPS) is 16.1. The summed E-state index contributed by atoms with van der Waals surface area (Å²) in [5.74, 6) is -0.727. The van der Waals surface area contributed by atoms with Crippen LogP contribution in [0, 0.1) is 0 Å². The van der Waals surface area contributed by atoms with E-state index >= 15 is 0 Å². The first-order valence-electron chi connectivity index (χ1n) is 8.08. The summed E-state index contributed by atoms with van der Waals surface area (Å²) in [4.78, 5) is 10.8. The molecule has 0 amide bonds. The quantitative estimate of drug-likeness (QED) is 0.825. The van der Waals surface area contributed by atoms with Crippen molar-refractivity contribution in [2.24, 2.45) is 0 Å². The molecule has 7 heteroatoms. The van der Waals surface area contributed by atoms with Gasteiger partial charge < -0.3 is 10.4 Å². The Morgan fingerprint density at radius 1 is 1.08 bits per heavy atom. The maximum atomic E-state index is 12.0. The predicted molar refractivity (Wildman–Crippen MR) is 96.1 cm³/mol. The molecule has 2 aromatic rings. The monoisotopic (exact) mass is 360 g/mol. The van der Waals surface area contributed by atoms with Crippen molar-refractivity contribution in [1.29, 1.82) is 0 Å². The molecule has 6 nitrogen and oxygen atoms in total. The molecule has 1 fully saturated rings. The molecule has 132 valence electrons. The minimum absolute atomic E-state index is 0.210. The smallest absolute Gasteiger partial charge is 0.335 e. The largest absolute Gasteiger partial charge is 0.478 e. The third-order valence-corrected chi connectivity index (χ3v) is 6.03. The Morgan fingerprint density at radius 3 is 2.44 bits per heavy atom. The molecule has 2 aromatic carbocycles. The van der Waals surface area contributed by atoms with Crippen LogP contribution in [0.4, 0.5) is 5.69 Å². The van der Waals surface area contributed by atoms with Gasteiger partial charge in [-0.3, -0.25) is 4.31 Å². The maximum Gasteiger partial charge on any atom is 0.335 e. The van der Waals surface area contributed by atoms with Crippen molar-refractivity contribution < 1.29 is 18.3 Å². The van der Waals surface area contributed by atoms with Crippen molar-refractivity contribution >= 4 is 21.7 Å². The Morgan fingerprint density at radius 2 is 1.80 bits per heavy atom. The van der Waals surface area contributed by atoms with E-state index in [1.165, 1.54) is 4.31 Å². The van der Waals surface area contributed by atoms with Crippen molar-refractivity contribution in [3.63, 3.8) is 0 Å². The highest BCUT2D eigenvalue weighted by Gasteiger charge is 2.28. The molecule has 0 aromatic heterocycles. The Kier molecular flexibility index (Phi) is 5.06. The standard InChI is InChI=1S/C18H20N2O4S/c21-18(22)16-7-5-14(6-8-16)12-19-13-15-3-1-4-17(11-15)20-9-2-10-25(20,23)24/h1,3-8,11,19H,2,9-10,12-13H2,(H,21,22). The van der Waals surface area contributed by atoms with E-state index in [-0.39, 0.29) is 11.3 Å². The number of nitrogens with zero attached hydrogens (tertiary/aromatic N) is 1. The number of carbonyl (C=O) groups is 1. The fourth-order valence-corrected chi connectivity index (χ4v) is 4.42. The zero-order valence-corrected chi connectivity index (χ0v) is 14.5. The van der Waals surface area contributed by atoms with E-state index in [1.807, 2.05) is 24.3 Å². The first kappa shape index (κ1) is 17.4. The van der Waals surface area contributed by atoms with Crippen LogP contribution < -0.4 is 9.62 Å². The van der Waals surface area contributed by atoms with Gasteiger partial charge in [-0.2, -0.15) is 0 Å². The van der Waals surface area contributed by atoms with Gasteiger partial charge in [0.15, 0.2) is 0 Å². The van der Waals surface area contributed by atoms with Gasteiger partial charge in [-0.1, -0.05) is 24.3 Å². The highest BCUT2D eigenvalue weighted by atomic mass is 32.2. The molecule has 0 aliphatic carbocycles. The zero-order valence-electron chi connectivity index (χ0n) is 13.7. The highest BCUT2D eigenvalue weighted by Crippen LogP contribution is 2.24. The van der Waals surface area contributed by atoms with E-state index in [4.69, 9.17) is 5.11 Å². The number of hydrogen-bond donors (Lipinski definition) is 2. The summed E-state index contributed by atoms with van der Waals surface area (Å²) in [5.41, 5.74) is 2.97. The van der Waals surface area contributed by atoms with E-state index in [2.05, 4.69) is 5.32 Å². The molecule has 0 atom stereocenters. The van der Waals surface area contributed by atoms with Crippen LogP contribution in [0.5, 0.6) is 0 Å². The molecule has 0 spiro atoms. The topological polar surface area (TPSA) is 86.7 Å². The Hall–Kier alpha value is -2.38. The van der Waals surface area contributed by atoms with Crippen molar-refractivity contribution in [1.82, 2.24) is 5.32 Å². The van der Waals surface area contributed by atoms with Crippen molar-refractivity contribution in [3.8, 4) is 0 Å². The zero-order chi connectivity index (χ0) is 17.9. The summed E-state index contributed by atoms with van der Waals surface area (Å²) >= 11 is 0. The molecule has 25 heavy (non-hydrogen) atoms. The first-order valence-corrected chi connectivity index (χ1v) is 9.69. The van der Waals surface area contributed by atoms with E-state index in [1.54, 1.807) is 24.3 Å². The molecular formula is C18H20N2O4S. The number of rotatable bonds is 6. The molecule has 0 bridgehead atoms. The second-order valence-corrected chi connectivity index (χ2v) is 8.03. The van der Waals surface area contributed by atoms with Crippen LogP contribution >= 0.6 is 0 Å². The summed E-state index contributed by atoms with van der Waals surface area (Å²) < 4.78 is 25.5. The Balaban J connectivity index is 1.60. The number of carboxylic acids is 1. The van der Waals surface area contributed by atoms with E-state index < -0.39 is 16.0 Å². The van der Waals surface area contributed by atoms with Crippen LogP contribution in [0.2, 0.25) is 0 Å². The van der Waals surface area contributed by atoms with Crippen molar-refractivity contribution in [2.45, 2.75) is 19.5 Å². The number of benzene rings is 2. The number of hydrogen-bond acceptors (Lipinski definition) is 4. The van der Waals surface area contributed by atoms with Gasteiger partial charge >= 0.3 is 5.97 Å². The van der Waals surface area contributed by atoms with Gasteiger partial charge in [-0.15, -0.1) is 0 Å². The van der Waals surface area contributed by atoms with Crippen LogP contribution in [-0.2, 0) is 23.1 Å². The third-order valence-electron chi connectivity index (χ3n) is 4.16. The van der Waals surface area contributed by atoms with Crippen molar-refractivity contribution in [2.75, 3.05) is 16.6 Å². The van der Waals surface area contributed by atoms with Gasteiger partial charge in [0.1, 0.15) is 0 Å². The van der Waals surface area contributed by atoms with Crippen LogP contribution in [0.3, 0.4) is 0 Å². The average molecular weight is 360 g/mol. The van der Waals surface area contributed by atoms with Crippen LogP contribution in [0.15, 0.2) is 48.5 Å². The van der Waals surface area contributed by atoms with E-state index in [0.717, 1.165) is 11.1 Å². The second-order valence-electron chi connectivity index (χ2n) is 6.02. The molecule has 3 rings (SSSR count). The van der Waals surface area contributed by atoms with E-state index in [9.17, 15) is 13.2 Å². The van der Waals surface area contributed by atoms with Gasteiger partial charge in [-0.25, -0.2) is 13.2 Å². The van der Waals surface area contributed by atoms with Gasteiger partial charge in [-0.05, 0) is 41.8 Å². The lowest BCUT2D eigenvalue weighted by molar-refractivity contribution is 0.0697. The molecule has 0 radical (unpaired) electrons. The van der Waals surface area contributed by atoms with Gasteiger partial charge in [0, 0.05) is 19.6 Å². The molecule has 1 aliphatic heterocycles. The molecule has 0 saturated carbocycles. The lowest BCUT2D eigenvalue weighted by Crippen LogP contribution is -2.25. The highest BCUT2D eigenvalue weighted by molar-refractivity contribution is 7.93. The minimum Gasteiger partial charge on any atom is -0.478 e. The van der Waals surface area contributed by atoms with E-state index in [0.29, 0.717) is 31.7 Å². The fourth-order valence-electron chi connectivity index (χ4n) is 2.87. The summed E-state index contributed by atoms with van der Waals surface area (Å²) in [7, 11) is -3.17. The summed E-state index contributed by atoms with van der Waals surface area (Å²) in [6.45, 7) is 1.74. The Labute approximate surface area is 147 Å².